The first-order valence-electron chi connectivity index (χ1n) is 11.0. The number of hydrogen-bond acceptors (Lipinski definition) is 3. The maximum atomic E-state index is 14.5. The highest BCUT2D eigenvalue weighted by molar-refractivity contribution is 6.17. The lowest BCUT2D eigenvalue weighted by Crippen LogP contribution is -2.31. The summed E-state index contributed by atoms with van der Waals surface area (Å²) in [5.74, 6) is -0.197. The van der Waals surface area contributed by atoms with Crippen molar-refractivity contribution in [3.8, 4) is 11.1 Å². The van der Waals surface area contributed by atoms with E-state index < -0.39 is 5.92 Å². The zero-order valence-electron chi connectivity index (χ0n) is 18.2. The average Bonchev–Trinajstić information content (AvgIpc) is 2.79. The number of hydrogen-bond donors (Lipinski definition) is 1. The third kappa shape index (κ3) is 9.38. The largest absolute Gasteiger partial charge is 0.379 e. The first-order chi connectivity index (χ1) is 15.1. The molecule has 0 saturated heterocycles. The van der Waals surface area contributed by atoms with Gasteiger partial charge in [-0.2, -0.15) is 0 Å². The predicted molar refractivity (Wildman–Crippen MR) is 124 cm³/mol. The lowest BCUT2D eigenvalue weighted by atomic mass is 9.96. The summed E-state index contributed by atoms with van der Waals surface area (Å²) in [6.07, 6.45) is 4.38. The summed E-state index contributed by atoms with van der Waals surface area (Å²) in [5.41, 5.74) is 1.99. The van der Waals surface area contributed by atoms with Gasteiger partial charge in [-0.1, -0.05) is 55.3 Å². The maximum absolute atomic E-state index is 14.5. The molecule has 0 aromatic heterocycles. The second-order valence-electron chi connectivity index (χ2n) is 7.45. The molecule has 0 aliphatic rings. The van der Waals surface area contributed by atoms with Gasteiger partial charge in [0.2, 0.25) is 5.91 Å². The molecule has 0 aliphatic carbocycles. The molecule has 1 N–H and O–H groups in total. The standard InChI is InChI=1S/C25H33ClFNO3/c1-20(22-11-12-23(24(27)19-22)21-9-5-4-6-10-21)25(29)28-14-16-31-18-17-30-15-8-3-2-7-13-26/h4-6,9-12,19-20H,2-3,7-8,13-18H2,1H3,(H,28,29). The first-order valence-corrected chi connectivity index (χ1v) is 11.5. The monoisotopic (exact) mass is 449 g/mol. The average molecular weight is 450 g/mol. The summed E-state index contributed by atoms with van der Waals surface area (Å²) in [6, 6.07) is 14.3. The smallest absolute Gasteiger partial charge is 0.227 e. The van der Waals surface area contributed by atoms with Gasteiger partial charge < -0.3 is 14.8 Å². The number of amides is 1. The quantitative estimate of drug-likeness (QED) is 0.286. The molecule has 1 atom stereocenters. The Labute approximate surface area is 190 Å². The topological polar surface area (TPSA) is 47.6 Å². The van der Waals surface area contributed by atoms with E-state index in [-0.39, 0.29) is 11.7 Å². The van der Waals surface area contributed by atoms with Gasteiger partial charge in [0, 0.05) is 24.6 Å². The summed E-state index contributed by atoms with van der Waals surface area (Å²) in [6.45, 7) is 4.38. The number of benzene rings is 2. The second-order valence-corrected chi connectivity index (χ2v) is 7.82. The van der Waals surface area contributed by atoms with Crippen LogP contribution >= 0.6 is 11.6 Å². The molecule has 0 aliphatic heterocycles. The molecule has 2 aromatic rings. The number of halogens is 2. The minimum absolute atomic E-state index is 0.149. The van der Waals surface area contributed by atoms with Crippen LogP contribution in [0.15, 0.2) is 48.5 Å². The molecule has 170 valence electrons. The fraction of sp³-hybridized carbons (Fsp3) is 0.480. The van der Waals surface area contributed by atoms with Gasteiger partial charge in [-0.25, -0.2) is 4.39 Å². The summed E-state index contributed by atoms with van der Waals surface area (Å²) in [5, 5.41) is 2.84. The molecular formula is C25H33ClFNO3. The highest BCUT2D eigenvalue weighted by Crippen LogP contribution is 2.26. The lowest BCUT2D eigenvalue weighted by molar-refractivity contribution is -0.122. The molecule has 31 heavy (non-hydrogen) atoms. The van der Waals surface area contributed by atoms with Crippen LogP contribution in [0.1, 0.15) is 44.1 Å². The Kier molecular flexibility index (Phi) is 12.2. The molecule has 1 unspecified atom stereocenters. The van der Waals surface area contributed by atoms with Crippen molar-refractivity contribution >= 4 is 17.5 Å². The van der Waals surface area contributed by atoms with E-state index in [4.69, 9.17) is 21.1 Å². The van der Waals surface area contributed by atoms with Crippen LogP contribution < -0.4 is 5.32 Å². The van der Waals surface area contributed by atoms with E-state index in [1.165, 1.54) is 6.07 Å². The molecule has 0 bridgehead atoms. The molecular weight excluding hydrogens is 417 g/mol. The van der Waals surface area contributed by atoms with E-state index in [9.17, 15) is 9.18 Å². The zero-order valence-corrected chi connectivity index (χ0v) is 19.0. The van der Waals surface area contributed by atoms with Crippen molar-refractivity contribution in [1.29, 1.82) is 0 Å². The van der Waals surface area contributed by atoms with Crippen LogP contribution in [-0.4, -0.2) is 44.8 Å². The van der Waals surface area contributed by atoms with Crippen LogP contribution in [0, 0.1) is 5.82 Å². The SMILES string of the molecule is CC(C(=O)NCCOCCOCCCCCCCl)c1ccc(-c2ccccc2)c(F)c1. The van der Waals surface area contributed by atoms with Gasteiger partial charge in [0.05, 0.1) is 25.7 Å². The highest BCUT2D eigenvalue weighted by Gasteiger charge is 2.17. The molecule has 6 heteroatoms. The Bertz CT molecular complexity index is 773. The van der Waals surface area contributed by atoms with Crippen LogP contribution in [0.2, 0.25) is 0 Å². The van der Waals surface area contributed by atoms with Crippen molar-refractivity contribution in [2.75, 3.05) is 38.9 Å². The normalized spacial score (nSPS) is 12.0. The number of ether oxygens (including phenoxy) is 2. The van der Waals surface area contributed by atoms with Gasteiger partial charge in [0.1, 0.15) is 5.82 Å². The van der Waals surface area contributed by atoms with Gasteiger partial charge in [-0.3, -0.25) is 4.79 Å². The molecule has 4 nitrogen and oxygen atoms in total. The van der Waals surface area contributed by atoms with Crippen molar-refractivity contribution in [3.05, 3.63) is 59.9 Å². The Morgan fingerprint density at radius 1 is 0.968 bits per heavy atom. The molecule has 0 fully saturated rings. The summed E-state index contributed by atoms with van der Waals surface area (Å²) in [7, 11) is 0. The van der Waals surface area contributed by atoms with E-state index in [2.05, 4.69) is 5.32 Å². The van der Waals surface area contributed by atoms with Crippen molar-refractivity contribution in [2.45, 2.75) is 38.5 Å². The zero-order chi connectivity index (χ0) is 22.3. The Hall–Kier alpha value is -1.95. The van der Waals surface area contributed by atoms with E-state index in [0.717, 1.165) is 43.7 Å². The van der Waals surface area contributed by atoms with E-state index in [1.54, 1.807) is 19.1 Å². The molecule has 0 spiro atoms. The van der Waals surface area contributed by atoms with Crippen LogP contribution in [-0.2, 0) is 14.3 Å². The van der Waals surface area contributed by atoms with Gasteiger partial charge in [0.25, 0.3) is 0 Å². The molecule has 1 amide bonds. The Morgan fingerprint density at radius 2 is 1.68 bits per heavy atom. The van der Waals surface area contributed by atoms with Crippen molar-refractivity contribution in [3.63, 3.8) is 0 Å². The van der Waals surface area contributed by atoms with Crippen LogP contribution in [0.4, 0.5) is 4.39 Å². The molecule has 0 radical (unpaired) electrons. The van der Waals surface area contributed by atoms with E-state index in [1.807, 2.05) is 30.3 Å². The van der Waals surface area contributed by atoms with Gasteiger partial charge in [-0.05, 0) is 37.0 Å². The minimum Gasteiger partial charge on any atom is -0.379 e. The number of unbranched alkanes of at least 4 members (excludes halogenated alkanes) is 3. The Balaban J connectivity index is 1.62. The summed E-state index contributed by atoms with van der Waals surface area (Å²) >= 11 is 5.64. The third-order valence-corrected chi connectivity index (χ3v) is 5.33. The van der Waals surface area contributed by atoms with Crippen molar-refractivity contribution < 1.29 is 18.7 Å². The van der Waals surface area contributed by atoms with Crippen molar-refractivity contribution in [2.24, 2.45) is 0 Å². The van der Waals surface area contributed by atoms with Gasteiger partial charge in [-0.15, -0.1) is 11.6 Å². The fourth-order valence-corrected chi connectivity index (χ4v) is 3.37. The van der Waals surface area contributed by atoms with Gasteiger partial charge in [0.15, 0.2) is 0 Å². The van der Waals surface area contributed by atoms with Crippen LogP contribution in [0.3, 0.4) is 0 Å². The van der Waals surface area contributed by atoms with Crippen LogP contribution in [0.25, 0.3) is 11.1 Å². The predicted octanol–water partition coefficient (Wildman–Crippen LogP) is 5.54. The maximum Gasteiger partial charge on any atom is 0.227 e. The Morgan fingerprint density at radius 3 is 2.39 bits per heavy atom. The van der Waals surface area contributed by atoms with Gasteiger partial charge >= 0.3 is 0 Å². The summed E-state index contributed by atoms with van der Waals surface area (Å²) in [4.78, 5) is 12.4. The fourth-order valence-electron chi connectivity index (χ4n) is 3.18. The van der Waals surface area contributed by atoms with E-state index >= 15 is 0 Å². The number of rotatable bonds is 15. The second kappa shape index (κ2) is 15.0. The number of carbonyl (C=O) groups excluding carboxylic acids is 1. The molecule has 0 saturated carbocycles. The highest BCUT2D eigenvalue weighted by atomic mass is 35.5. The van der Waals surface area contributed by atoms with Crippen molar-refractivity contribution in [1.82, 2.24) is 5.32 Å². The molecule has 2 rings (SSSR count). The number of carbonyl (C=O) groups is 1. The molecule has 0 heterocycles. The lowest BCUT2D eigenvalue weighted by Gasteiger charge is -2.14. The minimum atomic E-state index is -0.443. The summed E-state index contributed by atoms with van der Waals surface area (Å²) < 4.78 is 25.5. The number of nitrogens with one attached hydrogen (secondary N) is 1. The van der Waals surface area contributed by atoms with Crippen LogP contribution in [0.5, 0.6) is 0 Å². The molecule has 2 aromatic carbocycles. The first kappa shape index (κ1) is 25.3. The van der Waals surface area contributed by atoms with E-state index in [0.29, 0.717) is 37.5 Å². The third-order valence-electron chi connectivity index (χ3n) is 5.06. The number of alkyl halides is 1.